The van der Waals surface area contributed by atoms with Gasteiger partial charge in [0.1, 0.15) is 5.82 Å². The Hall–Kier alpha value is -1.42. The standard InChI is InChI=1S/C15H20FNO2/c1-10-8-15(13(11(2)19)9-14(10)16)17(6-7-18)12-4-3-5-12/h8-9,12,18H,3-7H2,1-2H3. The second-order valence-electron chi connectivity index (χ2n) is 5.18. The van der Waals surface area contributed by atoms with E-state index in [-0.39, 0.29) is 18.2 Å². The second kappa shape index (κ2) is 5.70. The molecule has 1 saturated carbocycles. The summed E-state index contributed by atoms with van der Waals surface area (Å²) in [4.78, 5) is 13.8. The summed E-state index contributed by atoms with van der Waals surface area (Å²) in [7, 11) is 0. The zero-order valence-corrected chi connectivity index (χ0v) is 11.4. The van der Waals surface area contributed by atoms with E-state index in [1.165, 1.54) is 19.4 Å². The number of hydrogen-bond acceptors (Lipinski definition) is 3. The van der Waals surface area contributed by atoms with E-state index in [9.17, 15) is 14.3 Å². The first-order valence-corrected chi connectivity index (χ1v) is 6.73. The molecular weight excluding hydrogens is 245 g/mol. The highest BCUT2D eigenvalue weighted by Gasteiger charge is 2.27. The summed E-state index contributed by atoms with van der Waals surface area (Å²) in [6, 6.07) is 3.39. The minimum Gasteiger partial charge on any atom is -0.395 e. The number of ketones is 1. The van der Waals surface area contributed by atoms with Crippen molar-refractivity contribution in [2.24, 2.45) is 0 Å². The Kier molecular flexibility index (Phi) is 4.20. The van der Waals surface area contributed by atoms with Gasteiger partial charge in [-0.3, -0.25) is 4.79 Å². The average molecular weight is 265 g/mol. The van der Waals surface area contributed by atoms with Gasteiger partial charge in [-0.1, -0.05) is 0 Å². The highest BCUT2D eigenvalue weighted by Crippen LogP contribution is 2.33. The monoisotopic (exact) mass is 265 g/mol. The summed E-state index contributed by atoms with van der Waals surface area (Å²) in [5, 5.41) is 9.22. The summed E-state index contributed by atoms with van der Waals surface area (Å²) >= 11 is 0. The molecule has 0 bridgehead atoms. The van der Waals surface area contributed by atoms with Gasteiger partial charge in [0.15, 0.2) is 5.78 Å². The number of nitrogens with zero attached hydrogens (tertiary/aromatic N) is 1. The first kappa shape index (κ1) is 14.0. The molecular formula is C15H20FNO2. The molecule has 19 heavy (non-hydrogen) atoms. The molecule has 104 valence electrons. The molecule has 0 amide bonds. The molecule has 0 aromatic heterocycles. The number of aliphatic hydroxyl groups excluding tert-OH is 1. The highest BCUT2D eigenvalue weighted by molar-refractivity contribution is 6.00. The second-order valence-corrected chi connectivity index (χ2v) is 5.18. The number of aryl methyl sites for hydroxylation is 1. The van der Waals surface area contributed by atoms with Crippen molar-refractivity contribution in [1.29, 1.82) is 0 Å². The predicted molar refractivity (Wildman–Crippen MR) is 73.2 cm³/mol. The van der Waals surface area contributed by atoms with Crippen LogP contribution in [0.5, 0.6) is 0 Å². The number of Topliss-reactive ketones (excluding diaryl/α,β-unsaturated/α-hetero) is 1. The molecule has 0 aliphatic heterocycles. The molecule has 1 aromatic rings. The average Bonchev–Trinajstić information content (AvgIpc) is 2.29. The maximum atomic E-state index is 13.6. The fraction of sp³-hybridized carbons (Fsp3) is 0.533. The fourth-order valence-electron chi connectivity index (χ4n) is 2.49. The molecule has 1 aliphatic carbocycles. The maximum absolute atomic E-state index is 13.6. The SMILES string of the molecule is CC(=O)c1cc(F)c(C)cc1N(CCO)C1CCC1. The Morgan fingerprint density at radius 1 is 1.47 bits per heavy atom. The van der Waals surface area contributed by atoms with Crippen LogP contribution in [-0.4, -0.2) is 30.1 Å². The summed E-state index contributed by atoms with van der Waals surface area (Å²) in [6.45, 7) is 3.66. The molecule has 1 aliphatic rings. The van der Waals surface area contributed by atoms with Crippen molar-refractivity contribution in [3.8, 4) is 0 Å². The van der Waals surface area contributed by atoms with Gasteiger partial charge in [-0.2, -0.15) is 0 Å². The molecule has 4 heteroatoms. The van der Waals surface area contributed by atoms with E-state index in [1.807, 2.05) is 4.90 Å². The van der Waals surface area contributed by atoms with Gasteiger partial charge >= 0.3 is 0 Å². The predicted octanol–water partition coefficient (Wildman–Crippen LogP) is 2.69. The summed E-state index contributed by atoms with van der Waals surface area (Å²) in [5.41, 5.74) is 1.69. The molecule has 0 atom stereocenters. The Morgan fingerprint density at radius 2 is 2.16 bits per heavy atom. The van der Waals surface area contributed by atoms with Crippen LogP contribution in [0, 0.1) is 12.7 Å². The Bertz CT molecular complexity index is 483. The lowest BCUT2D eigenvalue weighted by Gasteiger charge is -2.40. The summed E-state index contributed by atoms with van der Waals surface area (Å²) in [6.07, 6.45) is 3.30. The van der Waals surface area contributed by atoms with Gasteiger partial charge in [-0.15, -0.1) is 0 Å². The van der Waals surface area contributed by atoms with Gasteiger partial charge < -0.3 is 10.0 Å². The number of carbonyl (C=O) groups excluding carboxylic acids is 1. The molecule has 2 rings (SSSR count). The van der Waals surface area contributed by atoms with E-state index in [2.05, 4.69) is 0 Å². The van der Waals surface area contributed by atoms with Crippen LogP contribution in [0.3, 0.4) is 0 Å². The smallest absolute Gasteiger partial charge is 0.161 e. The Balaban J connectivity index is 2.44. The lowest BCUT2D eigenvalue weighted by Crippen LogP contribution is -2.42. The molecule has 3 nitrogen and oxygen atoms in total. The van der Waals surface area contributed by atoms with E-state index in [0.29, 0.717) is 23.7 Å². The summed E-state index contributed by atoms with van der Waals surface area (Å²) in [5.74, 6) is -0.498. The van der Waals surface area contributed by atoms with Gasteiger partial charge in [-0.05, 0) is 50.8 Å². The third kappa shape index (κ3) is 2.78. The molecule has 0 saturated heterocycles. The van der Waals surface area contributed by atoms with Crippen molar-refractivity contribution in [1.82, 2.24) is 0 Å². The third-order valence-corrected chi connectivity index (χ3v) is 3.82. The van der Waals surface area contributed by atoms with Crippen LogP contribution in [0.15, 0.2) is 12.1 Å². The van der Waals surface area contributed by atoms with Gasteiger partial charge in [0.05, 0.1) is 6.61 Å². The van der Waals surface area contributed by atoms with Crippen molar-refractivity contribution in [3.63, 3.8) is 0 Å². The third-order valence-electron chi connectivity index (χ3n) is 3.82. The normalized spacial score (nSPS) is 15.2. The van der Waals surface area contributed by atoms with E-state index >= 15 is 0 Å². The van der Waals surface area contributed by atoms with Gasteiger partial charge in [0.2, 0.25) is 0 Å². The minimum absolute atomic E-state index is 0.0320. The highest BCUT2D eigenvalue weighted by atomic mass is 19.1. The zero-order valence-electron chi connectivity index (χ0n) is 11.4. The van der Waals surface area contributed by atoms with Crippen LogP contribution in [-0.2, 0) is 0 Å². The molecule has 0 radical (unpaired) electrons. The number of benzene rings is 1. The molecule has 0 spiro atoms. The first-order valence-electron chi connectivity index (χ1n) is 6.73. The van der Waals surface area contributed by atoms with E-state index in [4.69, 9.17) is 0 Å². The van der Waals surface area contributed by atoms with Crippen molar-refractivity contribution in [2.75, 3.05) is 18.1 Å². The van der Waals surface area contributed by atoms with E-state index < -0.39 is 0 Å². The molecule has 1 aromatic carbocycles. The van der Waals surface area contributed by atoms with Crippen molar-refractivity contribution in [2.45, 2.75) is 39.2 Å². The van der Waals surface area contributed by atoms with Crippen molar-refractivity contribution >= 4 is 11.5 Å². The first-order chi connectivity index (χ1) is 9.04. The van der Waals surface area contributed by atoms with Gasteiger partial charge in [0, 0.05) is 23.8 Å². The number of halogens is 1. The molecule has 0 heterocycles. The van der Waals surface area contributed by atoms with Crippen molar-refractivity contribution < 1.29 is 14.3 Å². The number of hydrogen-bond donors (Lipinski definition) is 1. The minimum atomic E-state index is -0.355. The molecule has 1 fully saturated rings. The van der Waals surface area contributed by atoms with Crippen LogP contribution >= 0.6 is 0 Å². The van der Waals surface area contributed by atoms with Crippen LogP contribution in [0.1, 0.15) is 42.1 Å². The van der Waals surface area contributed by atoms with Crippen molar-refractivity contribution in [3.05, 3.63) is 29.1 Å². The number of rotatable bonds is 5. The fourth-order valence-corrected chi connectivity index (χ4v) is 2.49. The lowest BCUT2D eigenvalue weighted by molar-refractivity contribution is 0.101. The van der Waals surface area contributed by atoms with E-state index in [0.717, 1.165) is 18.5 Å². The topological polar surface area (TPSA) is 40.5 Å². The number of aliphatic hydroxyl groups is 1. The van der Waals surface area contributed by atoms with Crippen LogP contribution < -0.4 is 4.90 Å². The lowest BCUT2D eigenvalue weighted by atomic mass is 9.90. The molecule has 1 N–H and O–H groups in total. The largest absolute Gasteiger partial charge is 0.395 e. The summed E-state index contributed by atoms with van der Waals surface area (Å²) < 4.78 is 13.6. The van der Waals surface area contributed by atoms with E-state index in [1.54, 1.807) is 13.0 Å². The zero-order chi connectivity index (χ0) is 14.0. The number of carbonyl (C=O) groups is 1. The quantitative estimate of drug-likeness (QED) is 0.832. The maximum Gasteiger partial charge on any atom is 0.161 e. The Labute approximate surface area is 113 Å². The number of anilines is 1. The van der Waals surface area contributed by atoms with Crippen LogP contribution in [0.4, 0.5) is 10.1 Å². The molecule has 0 unspecified atom stereocenters. The van der Waals surface area contributed by atoms with Crippen LogP contribution in [0.2, 0.25) is 0 Å². The van der Waals surface area contributed by atoms with Gasteiger partial charge in [-0.25, -0.2) is 4.39 Å². The Morgan fingerprint density at radius 3 is 2.63 bits per heavy atom. The van der Waals surface area contributed by atoms with Gasteiger partial charge in [0.25, 0.3) is 0 Å². The van der Waals surface area contributed by atoms with Crippen LogP contribution in [0.25, 0.3) is 0 Å².